The second-order valence-electron chi connectivity index (χ2n) is 8.18. The highest BCUT2D eigenvalue weighted by Gasteiger charge is 2.23. The number of aliphatic hydroxyl groups is 1. The van der Waals surface area contributed by atoms with Crippen molar-refractivity contribution < 1.29 is 9.84 Å². The van der Waals surface area contributed by atoms with Gasteiger partial charge in [0.25, 0.3) is 0 Å². The van der Waals surface area contributed by atoms with Crippen LogP contribution in [0.5, 0.6) is 0 Å². The summed E-state index contributed by atoms with van der Waals surface area (Å²) >= 11 is 0. The van der Waals surface area contributed by atoms with E-state index in [9.17, 15) is 5.11 Å². The van der Waals surface area contributed by atoms with Gasteiger partial charge in [-0.3, -0.25) is 4.90 Å². The van der Waals surface area contributed by atoms with Crippen LogP contribution in [0, 0.1) is 5.92 Å². The van der Waals surface area contributed by atoms with Crippen LogP contribution < -0.4 is 0 Å². The molecule has 1 N–H and O–H groups in total. The first-order valence-electron chi connectivity index (χ1n) is 9.19. The Balaban J connectivity index is 1.60. The summed E-state index contributed by atoms with van der Waals surface area (Å²) in [5.74, 6) is 0.936. The third-order valence-corrected chi connectivity index (χ3v) is 4.88. The van der Waals surface area contributed by atoms with Crippen molar-refractivity contribution in [1.29, 1.82) is 0 Å². The van der Waals surface area contributed by atoms with E-state index in [2.05, 4.69) is 9.80 Å². The minimum atomic E-state index is -0.371. The Morgan fingerprint density at radius 1 is 1.00 bits per heavy atom. The van der Waals surface area contributed by atoms with Gasteiger partial charge in [-0.2, -0.15) is 0 Å². The van der Waals surface area contributed by atoms with Gasteiger partial charge in [0.05, 0.1) is 18.3 Å². The minimum Gasteiger partial charge on any atom is -0.389 e. The fourth-order valence-electron chi connectivity index (χ4n) is 3.59. The highest BCUT2D eigenvalue weighted by molar-refractivity contribution is 4.77. The lowest BCUT2D eigenvalue weighted by Gasteiger charge is -2.38. The maximum absolute atomic E-state index is 10.1. The topological polar surface area (TPSA) is 35.9 Å². The summed E-state index contributed by atoms with van der Waals surface area (Å²) in [7, 11) is 0. The Hall–Kier alpha value is -0.160. The first-order valence-corrected chi connectivity index (χ1v) is 9.19. The molecule has 0 spiro atoms. The van der Waals surface area contributed by atoms with E-state index in [4.69, 9.17) is 4.74 Å². The fourth-order valence-corrected chi connectivity index (χ4v) is 3.59. The Bertz CT molecular complexity index is 303. The molecule has 0 aromatic rings. The summed E-state index contributed by atoms with van der Waals surface area (Å²) in [5, 5.41) is 10.1. The molecule has 1 atom stereocenters. The van der Waals surface area contributed by atoms with Crippen molar-refractivity contribution in [2.75, 3.05) is 45.9 Å². The van der Waals surface area contributed by atoms with Crippen LogP contribution >= 0.6 is 0 Å². The maximum Gasteiger partial charge on any atom is 0.0900 e. The Morgan fingerprint density at radius 3 is 2.18 bits per heavy atom. The predicted molar refractivity (Wildman–Crippen MR) is 91.2 cm³/mol. The fraction of sp³-hybridized carbons (Fsp3) is 1.00. The molecule has 1 saturated heterocycles. The lowest BCUT2D eigenvalue weighted by molar-refractivity contribution is -0.0588. The van der Waals surface area contributed by atoms with Crippen LogP contribution in [-0.2, 0) is 4.74 Å². The number of β-amino-alcohol motifs (C(OH)–C–C–N with tert-alkyl or cyclic N) is 1. The van der Waals surface area contributed by atoms with E-state index < -0.39 is 0 Å². The van der Waals surface area contributed by atoms with Gasteiger partial charge in [0.1, 0.15) is 0 Å². The molecule has 1 heterocycles. The Kier molecular flexibility index (Phi) is 7.13. The van der Waals surface area contributed by atoms with E-state index in [1.807, 2.05) is 20.8 Å². The van der Waals surface area contributed by atoms with Gasteiger partial charge in [0.15, 0.2) is 0 Å². The molecule has 1 aliphatic heterocycles. The van der Waals surface area contributed by atoms with Crippen LogP contribution in [-0.4, -0.2) is 72.5 Å². The quantitative estimate of drug-likeness (QED) is 0.817. The third kappa shape index (κ3) is 6.95. The molecule has 2 aliphatic rings. The SMILES string of the molecule is CC(C)(C)OCC(O)CN1CCN(CC2CCCCC2)CC1. The standard InChI is InChI=1S/C18H36N2O2/c1-18(2,3)22-15-17(21)14-20-11-9-19(10-12-20)13-16-7-5-4-6-8-16/h16-17,21H,4-15H2,1-3H3. The van der Waals surface area contributed by atoms with Gasteiger partial charge < -0.3 is 14.7 Å². The molecular weight excluding hydrogens is 276 g/mol. The van der Waals surface area contributed by atoms with Gasteiger partial charge in [0.2, 0.25) is 0 Å². The molecule has 4 heteroatoms. The van der Waals surface area contributed by atoms with Gasteiger partial charge >= 0.3 is 0 Å². The zero-order valence-electron chi connectivity index (χ0n) is 14.9. The normalized spacial score (nSPS) is 24.5. The number of ether oxygens (including phenoxy) is 1. The molecule has 1 unspecified atom stereocenters. The van der Waals surface area contributed by atoms with E-state index >= 15 is 0 Å². The van der Waals surface area contributed by atoms with Crippen molar-refractivity contribution in [3.05, 3.63) is 0 Å². The first-order chi connectivity index (χ1) is 10.4. The number of nitrogens with zero attached hydrogens (tertiary/aromatic N) is 2. The summed E-state index contributed by atoms with van der Waals surface area (Å²) in [4.78, 5) is 5.01. The Morgan fingerprint density at radius 2 is 1.59 bits per heavy atom. The molecule has 130 valence electrons. The molecule has 0 aromatic heterocycles. The summed E-state index contributed by atoms with van der Waals surface area (Å²) < 4.78 is 5.67. The van der Waals surface area contributed by atoms with Crippen molar-refractivity contribution >= 4 is 0 Å². The van der Waals surface area contributed by atoms with Crippen LogP contribution in [0.25, 0.3) is 0 Å². The van der Waals surface area contributed by atoms with Crippen LogP contribution in [0.1, 0.15) is 52.9 Å². The first kappa shape index (κ1) is 18.2. The van der Waals surface area contributed by atoms with Crippen LogP contribution in [0.2, 0.25) is 0 Å². The molecule has 4 nitrogen and oxygen atoms in total. The number of aliphatic hydroxyl groups excluding tert-OH is 1. The maximum atomic E-state index is 10.1. The second-order valence-corrected chi connectivity index (χ2v) is 8.18. The van der Waals surface area contributed by atoms with E-state index in [1.165, 1.54) is 38.6 Å². The molecular formula is C18H36N2O2. The van der Waals surface area contributed by atoms with E-state index in [-0.39, 0.29) is 11.7 Å². The highest BCUT2D eigenvalue weighted by Crippen LogP contribution is 2.24. The summed E-state index contributed by atoms with van der Waals surface area (Å²) in [6, 6.07) is 0. The van der Waals surface area contributed by atoms with Crippen LogP contribution in [0.15, 0.2) is 0 Å². The smallest absolute Gasteiger partial charge is 0.0900 e. The predicted octanol–water partition coefficient (Wildman–Crippen LogP) is 2.36. The third-order valence-electron chi connectivity index (χ3n) is 4.88. The van der Waals surface area contributed by atoms with Crippen LogP contribution in [0.3, 0.4) is 0 Å². The van der Waals surface area contributed by atoms with Crippen molar-refractivity contribution in [2.45, 2.75) is 64.6 Å². The van der Waals surface area contributed by atoms with Crippen molar-refractivity contribution in [3.8, 4) is 0 Å². The lowest BCUT2D eigenvalue weighted by atomic mass is 9.89. The molecule has 0 amide bonds. The zero-order valence-corrected chi connectivity index (χ0v) is 14.9. The highest BCUT2D eigenvalue weighted by atomic mass is 16.5. The lowest BCUT2D eigenvalue weighted by Crippen LogP contribution is -2.50. The molecule has 1 aliphatic carbocycles. The molecule has 0 aromatic carbocycles. The molecule has 0 bridgehead atoms. The number of hydrogen-bond acceptors (Lipinski definition) is 4. The van der Waals surface area contributed by atoms with Gasteiger partial charge in [0, 0.05) is 39.3 Å². The molecule has 22 heavy (non-hydrogen) atoms. The molecule has 0 radical (unpaired) electrons. The van der Waals surface area contributed by atoms with Crippen molar-refractivity contribution in [2.24, 2.45) is 5.92 Å². The van der Waals surface area contributed by atoms with Crippen molar-refractivity contribution in [1.82, 2.24) is 9.80 Å². The monoisotopic (exact) mass is 312 g/mol. The average Bonchev–Trinajstić information content (AvgIpc) is 2.48. The Labute approximate surface area is 136 Å². The van der Waals surface area contributed by atoms with E-state index in [0.717, 1.165) is 38.6 Å². The largest absolute Gasteiger partial charge is 0.389 e. The molecule has 2 rings (SSSR count). The van der Waals surface area contributed by atoms with Crippen LogP contribution in [0.4, 0.5) is 0 Å². The van der Waals surface area contributed by atoms with E-state index in [0.29, 0.717) is 6.61 Å². The number of rotatable bonds is 6. The number of hydrogen-bond donors (Lipinski definition) is 1. The molecule has 1 saturated carbocycles. The molecule has 2 fully saturated rings. The summed E-state index contributed by atoms with van der Waals surface area (Å²) in [6.45, 7) is 13.0. The van der Waals surface area contributed by atoms with E-state index in [1.54, 1.807) is 0 Å². The van der Waals surface area contributed by atoms with Crippen molar-refractivity contribution in [3.63, 3.8) is 0 Å². The van der Waals surface area contributed by atoms with Gasteiger partial charge in [-0.25, -0.2) is 0 Å². The summed E-state index contributed by atoms with van der Waals surface area (Å²) in [6.07, 6.45) is 6.81. The zero-order chi connectivity index (χ0) is 16.0. The summed E-state index contributed by atoms with van der Waals surface area (Å²) in [5.41, 5.74) is -0.167. The number of piperazine rings is 1. The average molecular weight is 312 g/mol. The second kappa shape index (κ2) is 8.62. The van der Waals surface area contributed by atoms with Gasteiger partial charge in [-0.1, -0.05) is 19.3 Å². The minimum absolute atomic E-state index is 0.167. The van der Waals surface area contributed by atoms with Gasteiger partial charge in [-0.05, 0) is 39.5 Å². The van der Waals surface area contributed by atoms with Gasteiger partial charge in [-0.15, -0.1) is 0 Å².